The van der Waals surface area contributed by atoms with Gasteiger partial charge in [0, 0.05) is 25.2 Å². The summed E-state index contributed by atoms with van der Waals surface area (Å²) in [6.45, 7) is 3.86. The molecule has 0 bridgehead atoms. The highest BCUT2D eigenvalue weighted by atomic mass is 32.1. The van der Waals surface area contributed by atoms with Crippen LogP contribution in [0.15, 0.2) is 54.7 Å². The van der Waals surface area contributed by atoms with Crippen molar-refractivity contribution in [1.82, 2.24) is 9.88 Å². The van der Waals surface area contributed by atoms with E-state index in [1.165, 1.54) is 5.56 Å². The van der Waals surface area contributed by atoms with Crippen LogP contribution in [0.25, 0.3) is 0 Å². The first kappa shape index (κ1) is 15.6. The highest BCUT2D eigenvalue weighted by Gasteiger charge is 2.20. The van der Waals surface area contributed by atoms with Crippen molar-refractivity contribution in [3.05, 3.63) is 66.0 Å². The largest absolute Gasteiger partial charge is 0.393 e. The molecule has 0 radical (unpaired) electrons. The molecule has 2 aromatic rings. The number of hydrogen-bond acceptors (Lipinski definition) is 3. The number of pyridine rings is 1. The molecule has 0 amide bonds. The van der Waals surface area contributed by atoms with Gasteiger partial charge in [0.05, 0.1) is 10.7 Å². The summed E-state index contributed by atoms with van der Waals surface area (Å²) in [7, 11) is 0. The van der Waals surface area contributed by atoms with Gasteiger partial charge in [-0.2, -0.15) is 0 Å². The Morgan fingerprint density at radius 1 is 1.19 bits per heavy atom. The Bertz CT molecular complexity index is 557. The van der Waals surface area contributed by atoms with Gasteiger partial charge in [-0.15, -0.1) is 0 Å². The number of nitrogens with two attached hydrogens (primary N) is 1. The van der Waals surface area contributed by atoms with Crippen LogP contribution in [0.3, 0.4) is 0 Å². The molecular weight excluding hydrogens is 278 g/mol. The third-order valence-electron chi connectivity index (χ3n) is 3.52. The summed E-state index contributed by atoms with van der Waals surface area (Å²) in [4.78, 5) is 7.32. The molecule has 21 heavy (non-hydrogen) atoms. The molecule has 110 valence electrons. The van der Waals surface area contributed by atoms with Crippen LogP contribution in [0, 0.1) is 0 Å². The van der Waals surface area contributed by atoms with E-state index in [1.807, 2.05) is 30.5 Å². The number of rotatable bonds is 7. The molecule has 0 saturated carbocycles. The summed E-state index contributed by atoms with van der Waals surface area (Å²) >= 11 is 5.14. The lowest BCUT2D eigenvalue weighted by molar-refractivity contribution is 0.201. The molecule has 2 N–H and O–H groups in total. The van der Waals surface area contributed by atoms with Crippen molar-refractivity contribution in [2.45, 2.75) is 25.9 Å². The van der Waals surface area contributed by atoms with Gasteiger partial charge in [-0.25, -0.2) is 0 Å². The average molecular weight is 299 g/mol. The van der Waals surface area contributed by atoms with E-state index >= 15 is 0 Å². The second kappa shape index (κ2) is 7.86. The van der Waals surface area contributed by atoms with Crippen LogP contribution in [0.5, 0.6) is 0 Å². The molecule has 1 unspecified atom stereocenters. The smallest absolute Gasteiger partial charge is 0.0746 e. The molecule has 1 aromatic carbocycles. The summed E-state index contributed by atoms with van der Waals surface area (Å²) in [5, 5.41) is 0. The van der Waals surface area contributed by atoms with Gasteiger partial charge in [-0.3, -0.25) is 9.88 Å². The van der Waals surface area contributed by atoms with E-state index in [4.69, 9.17) is 18.0 Å². The average Bonchev–Trinajstić information content (AvgIpc) is 2.52. The van der Waals surface area contributed by atoms with Crippen LogP contribution < -0.4 is 5.73 Å². The lowest BCUT2D eigenvalue weighted by atomic mass is 10.0. The first-order chi connectivity index (χ1) is 10.2. The van der Waals surface area contributed by atoms with Gasteiger partial charge in [0.2, 0.25) is 0 Å². The first-order valence-corrected chi connectivity index (χ1v) is 7.58. The van der Waals surface area contributed by atoms with Gasteiger partial charge < -0.3 is 5.73 Å². The minimum absolute atomic E-state index is 0.190. The van der Waals surface area contributed by atoms with Gasteiger partial charge in [0.15, 0.2) is 0 Å². The Labute approximate surface area is 131 Å². The Morgan fingerprint density at radius 2 is 1.90 bits per heavy atom. The molecule has 4 heteroatoms. The highest BCUT2D eigenvalue weighted by molar-refractivity contribution is 7.80. The van der Waals surface area contributed by atoms with Crippen molar-refractivity contribution in [2.24, 2.45) is 5.73 Å². The number of benzene rings is 1. The quantitative estimate of drug-likeness (QED) is 0.796. The lowest BCUT2D eigenvalue weighted by Crippen LogP contribution is -2.31. The van der Waals surface area contributed by atoms with Crippen LogP contribution >= 0.6 is 12.2 Å². The molecule has 0 aliphatic carbocycles. The van der Waals surface area contributed by atoms with Crippen LogP contribution in [-0.2, 0) is 6.54 Å². The topological polar surface area (TPSA) is 42.2 Å². The van der Waals surface area contributed by atoms with E-state index in [0.717, 1.165) is 18.8 Å². The second-order valence-electron chi connectivity index (χ2n) is 4.98. The van der Waals surface area contributed by atoms with Gasteiger partial charge in [0.1, 0.15) is 0 Å². The summed E-state index contributed by atoms with van der Waals surface area (Å²) < 4.78 is 0. The van der Waals surface area contributed by atoms with Crippen LogP contribution in [0.4, 0.5) is 0 Å². The molecule has 0 saturated heterocycles. The number of thiocarbonyl (C=S) groups is 1. The molecule has 1 aromatic heterocycles. The van der Waals surface area contributed by atoms with E-state index in [9.17, 15) is 0 Å². The molecule has 2 rings (SSSR count). The van der Waals surface area contributed by atoms with Crippen LogP contribution in [0.1, 0.15) is 30.6 Å². The Kier molecular flexibility index (Phi) is 5.84. The van der Waals surface area contributed by atoms with Crippen molar-refractivity contribution >= 4 is 17.2 Å². The number of hydrogen-bond donors (Lipinski definition) is 1. The normalized spacial score (nSPS) is 12.3. The zero-order valence-corrected chi connectivity index (χ0v) is 13.1. The van der Waals surface area contributed by atoms with Crippen LogP contribution in [-0.4, -0.2) is 21.4 Å². The highest BCUT2D eigenvalue weighted by Crippen LogP contribution is 2.25. The minimum Gasteiger partial charge on any atom is -0.393 e. The molecule has 1 atom stereocenters. The molecular formula is C17H21N3S. The SMILES string of the molecule is CCN(Cc1ccccn1)C(CC(N)=S)c1ccccc1. The van der Waals surface area contributed by atoms with Crippen LogP contribution in [0.2, 0.25) is 0 Å². The summed E-state index contributed by atoms with van der Waals surface area (Å²) in [6.07, 6.45) is 2.51. The predicted octanol–water partition coefficient (Wildman–Crippen LogP) is 3.32. The van der Waals surface area contributed by atoms with E-state index < -0.39 is 0 Å². The zero-order chi connectivity index (χ0) is 15.1. The van der Waals surface area contributed by atoms with Gasteiger partial charge in [-0.05, 0) is 24.2 Å². The van der Waals surface area contributed by atoms with Crippen molar-refractivity contribution < 1.29 is 0 Å². The first-order valence-electron chi connectivity index (χ1n) is 7.18. The van der Waals surface area contributed by atoms with Crippen molar-refractivity contribution in [2.75, 3.05) is 6.54 Å². The third-order valence-corrected chi connectivity index (χ3v) is 3.68. The molecule has 0 aliphatic heterocycles. The van der Waals surface area contributed by atoms with Crippen molar-refractivity contribution in [3.63, 3.8) is 0 Å². The second-order valence-corrected chi connectivity index (χ2v) is 5.51. The Balaban J connectivity index is 2.23. The van der Waals surface area contributed by atoms with E-state index in [1.54, 1.807) is 0 Å². The van der Waals surface area contributed by atoms with Gasteiger partial charge in [0.25, 0.3) is 0 Å². The Morgan fingerprint density at radius 3 is 2.48 bits per heavy atom. The summed E-state index contributed by atoms with van der Waals surface area (Å²) in [6, 6.07) is 16.6. The predicted molar refractivity (Wildman–Crippen MR) is 90.9 cm³/mol. The summed E-state index contributed by atoms with van der Waals surface area (Å²) in [5.41, 5.74) is 8.10. The molecule has 1 heterocycles. The fourth-order valence-corrected chi connectivity index (χ4v) is 2.62. The van der Waals surface area contributed by atoms with E-state index in [-0.39, 0.29) is 6.04 Å². The number of aromatic nitrogens is 1. The molecule has 0 fully saturated rings. The maximum absolute atomic E-state index is 5.81. The van der Waals surface area contributed by atoms with E-state index in [0.29, 0.717) is 11.4 Å². The minimum atomic E-state index is 0.190. The third kappa shape index (κ3) is 4.62. The monoisotopic (exact) mass is 299 g/mol. The van der Waals surface area contributed by atoms with E-state index in [2.05, 4.69) is 41.1 Å². The summed E-state index contributed by atoms with van der Waals surface area (Å²) in [5.74, 6) is 0. The maximum Gasteiger partial charge on any atom is 0.0746 e. The lowest BCUT2D eigenvalue weighted by Gasteiger charge is -2.30. The number of nitrogens with zero attached hydrogens (tertiary/aromatic N) is 2. The van der Waals surface area contributed by atoms with Gasteiger partial charge in [-0.1, -0.05) is 55.5 Å². The van der Waals surface area contributed by atoms with Crippen molar-refractivity contribution in [1.29, 1.82) is 0 Å². The fourth-order valence-electron chi connectivity index (χ4n) is 2.47. The molecule has 0 spiro atoms. The standard InChI is InChI=1S/C17H21N3S/c1-2-20(13-15-10-6-7-11-19-15)16(12-17(18)21)14-8-4-3-5-9-14/h3-11,16H,2,12-13H2,1H3,(H2,18,21). The molecule has 3 nitrogen and oxygen atoms in total. The fraction of sp³-hybridized carbons (Fsp3) is 0.294. The molecule has 0 aliphatic rings. The van der Waals surface area contributed by atoms with Gasteiger partial charge >= 0.3 is 0 Å². The Hall–Kier alpha value is -1.78. The zero-order valence-electron chi connectivity index (χ0n) is 12.3. The van der Waals surface area contributed by atoms with Crippen molar-refractivity contribution in [3.8, 4) is 0 Å². The maximum atomic E-state index is 5.81.